The first-order valence-corrected chi connectivity index (χ1v) is 7.43. The smallest absolute Gasteiger partial charge is 0.215 e. The molecule has 98 valence electrons. The fraction of sp³-hybridized carbons (Fsp3) is 0.0667. The quantitative estimate of drug-likeness (QED) is 0.931. The van der Waals surface area contributed by atoms with E-state index < -0.39 is 10.0 Å². The van der Waals surface area contributed by atoms with Crippen LogP contribution in [-0.2, 0) is 10.0 Å². The first-order valence-electron chi connectivity index (χ1n) is 5.88. The molecular weight excluding hydrogens is 258 g/mol. The molecule has 19 heavy (non-hydrogen) atoms. The molecule has 0 saturated carbocycles. The third-order valence-electron chi connectivity index (χ3n) is 2.76. The Bertz CT molecular complexity index is 676. The number of hydrogen-bond acceptors (Lipinski definition) is 2. The highest BCUT2D eigenvalue weighted by atomic mass is 32.2. The predicted octanol–water partition coefficient (Wildman–Crippen LogP) is 2.87. The molecule has 0 amide bonds. The molecule has 0 aromatic heterocycles. The van der Waals surface area contributed by atoms with E-state index in [1.165, 1.54) is 12.5 Å². The van der Waals surface area contributed by atoms with Gasteiger partial charge in [0, 0.05) is 5.41 Å². The molecule has 3 nitrogen and oxygen atoms in total. The van der Waals surface area contributed by atoms with Gasteiger partial charge in [0.15, 0.2) is 0 Å². The Morgan fingerprint density at radius 2 is 1.58 bits per heavy atom. The number of hydrogen-bond donors (Lipinski definition) is 1. The van der Waals surface area contributed by atoms with Crippen LogP contribution < -0.4 is 4.72 Å². The van der Waals surface area contributed by atoms with Gasteiger partial charge in [-0.1, -0.05) is 54.6 Å². The van der Waals surface area contributed by atoms with E-state index in [1.54, 1.807) is 6.08 Å². The van der Waals surface area contributed by atoms with Crippen molar-refractivity contribution in [1.82, 2.24) is 4.72 Å². The van der Waals surface area contributed by atoms with E-state index in [9.17, 15) is 8.42 Å². The average molecular weight is 273 g/mol. The van der Waals surface area contributed by atoms with Crippen LogP contribution in [0.1, 0.15) is 5.56 Å². The summed E-state index contributed by atoms with van der Waals surface area (Å²) >= 11 is 0. The van der Waals surface area contributed by atoms with Crippen LogP contribution in [0.5, 0.6) is 0 Å². The molecule has 0 aliphatic carbocycles. The topological polar surface area (TPSA) is 46.2 Å². The van der Waals surface area contributed by atoms with E-state index >= 15 is 0 Å². The Labute approximate surface area is 113 Å². The largest absolute Gasteiger partial charge is 0.233 e. The molecule has 2 rings (SSSR count). The van der Waals surface area contributed by atoms with Crippen LogP contribution in [0.2, 0.25) is 0 Å². The molecule has 0 radical (unpaired) electrons. The lowest BCUT2D eigenvalue weighted by molar-refractivity contribution is 0.597. The lowest BCUT2D eigenvalue weighted by Crippen LogP contribution is -2.14. The molecule has 0 aliphatic rings. The zero-order chi connectivity index (χ0) is 13.7. The number of benzene rings is 2. The summed E-state index contributed by atoms with van der Waals surface area (Å²) < 4.78 is 25.1. The second-order valence-corrected chi connectivity index (χ2v) is 5.78. The minimum atomic E-state index is -3.35. The van der Waals surface area contributed by atoms with Crippen molar-refractivity contribution in [2.24, 2.45) is 0 Å². The molecule has 0 spiro atoms. The van der Waals surface area contributed by atoms with Gasteiger partial charge in [-0.2, -0.15) is 0 Å². The second-order valence-electron chi connectivity index (χ2n) is 4.01. The Hall–Kier alpha value is -1.91. The van der Waals surface area contributed by atoms with Gasteiger partial charge in [-0.15, -0.1) is 0 Å². The zero-order valence-electron chi connectivity index (χ0n) is 10.6. The van der Waals surface area contributed by atoms with Crippen LogP contribution in [0.25, 0.3) is 17.2 Å². The zero-order valence-corrected chi connectivity index (χ0v) is 11.4. The van der Waals surface area contributed by atoms with E-state index in [2.05, 4.69) is 4.72 Å². The van der Waals surface area contributed by atoms with E-state index in [-0.39, 0.29) is 0 Å². The predicted molar refractivity (Wildman–Crippen MR) is 78.9 cm³/mol. The van der Waals surface area contributed by atoms with Crippen molar-refractivity contribution >= 4 is 16.1 Å². The number of nitrogens with one attached hydrogen (secondary N) is 1. The van der Waals surface area contributed by atoms with Crippen molar-refractivity contribution in [2.75, 3.05) is 7.05 Å². The maximum Gasteiger partial charge on any atom is 0.233 e. The molecule has 0 atom stereocenters. The van der Waals surface area contributed by atoms with E-state index in [1.807, 2.05) is 54.6 Å². The first-order chi connectivity index (χ1) is 9.12. The standard InChI is InChI=1S/C15H15NO2S/c1-16-19(17,18)12-11-14-9-5-6-10-15(14)13-7-3-2-4-8-13/h2-12,16H,1H3/b12-11+. The third kappa shape index (κ3) is 3.53. The Morgan fingerprint density at radius 3 is 2.26 bits per heavy atom. The maximum atomic E-state index is 11.4. The number of sulfonamides is 1. The second kappa shape index (κ2) is 5.82. The van der Waals surface area contributed by atoms with Crippen LogP contribution in [-0.4, -0.2) is 15.5 Å². The lowest BCUT2D eigenvalue weighted by atomic mass is 10.00. The fourth-order valence-corrected chi connectivity index (χ4v) is 2.22. The van der Waals surface area contributed by atoms with Gasteiger partial charge in [-0.05, 0) is 29.8 Å². The van der Waals surface area contributed by atoms with Crippen LogP contribution in [0, 0.1) is 0 Å². The maximum absolute atomic E-state index is 11.4. The molecule has 2 aromatic rings. The van der Waals surface area contributed by atoms with Gasteiger partial charge in [0.2, 0.25) is 10.0 Å². The van der Waals surface area contributed by atoms with Crippen molar-refractivity contribution in [3.05, 3.63) is 65.6 Å². The van der Waals surface area contributed by atoms with Gasteiger partial charge in [0.25, 0.3) is 0 Å². The highest BCUT2D eigenvalue weighted by molar-refractivity contribution is 7.92. The summed E-state index contributed by atoms with van der Waals surface area (Å²) in [4.78, 5) is 0. The minimum Gasteiger partial charge on any atom is -0.215 e. The average Bonchev–Trinajstić information content (AvgIpc) is 2.46. The van der Waals surface area contributed by atoms with Crippen molar-refractivity contribution < 1.29 is 8.42 Å². The van der Waals surface area contributed by atoms with Crippen molar-refractivity contribution in [3.63, 3.8) is 0 Å². The highest BCUT2D eigenvalue weighted by Gasteiger charge is 2.03. The molecule has 0 saturated heterocycles. The van der Waals surface area contributed by atoms with Gasteiger partial charge >= 0.3 is 0 Å². The molecule has 2 aromatic carbocycles. The SMILES string of the molecule is CNS(=O)(=O)/C=C/c1ccccc1-c1ccccc1. The summed E-state index contributed by atoms with van der Waals surface area (Å²) in [6, 6.07) is 17.6. The van der Waals surface area contributed by atoms with Crippen LogP contribution in [0.4, 0.5) is 0 Å². The summed E-state index contributed by atoms with van der Waals surface area (Å²) in [6.45, 7) is 0. The van der Waals surface area contributed by atoms with E-state index in [4.69, 9.17) is 0 Å². The first kappa shape index (κ1) is 13.5. The summed E-state index contributed by atoms with van der Waals surface area (Å²) in [5.41, 5.74) is 2.93. The molecule has 0 unspecified atom stereocenters. The van der Waals surface area contributed by atoms with Crippen molar-refractivity contribution in [2.45, 2.75) is 0 Å². The molecule has 0 bridgehead atoms. The van der Waals surface area contributed by atoms with Crippen LogP contribution in [0.15, 0.2) is 60.0 Å². The van der Waals surface area contributed by atoms with Gasteiger partial charge < -0.3 is 0 Å². The van der Waals surface area contributed by atoms with Gasteiger partial charge in [0.1, 0.15) is 0 Å². The Balaban J connectivity index is 2.44. The monoisotopic (exact) mass is 273 g/mol. The lowest BCUT2D eigenvalue weighted by Gasteiger charge is -2.06. The van der Waals surface area contributed by atoms with Crippen LogP contribution >= 0.6 is 0 Å². The van der Waals surface area contributed by atoms with Crippen molar-refractivity contribution in [1.29, 1.82) is 0 Å². The number of rotatable bonds is 4. The molecule has 0 aliphatic heterocycles. The molecular formula is C15H15NO2S. The molecule has 4 heteroatoms. The summed E-state index contributed by atoms with van der Waals surface area (Å²) in [5.74, 6) is 0. The van der Waals surface area contributed by atoms with Gasteiger partial charge in [0.05, 0.1) is 0 Å². The Morgan fingerprint density at radius 1 is 0.947 bits per heavy atom. The molecule has 0 heterocycles. The van der Waals surface area contributed by atoms with Crippen LogP contribution in [0.3, 0.4) is 0 Å². The van der Waals surface area contributed by atoms with Crippen molar-refractivity contribution in [3.8, 4) is 11.1 Å². The van der Waals surface area contributed by atoms with Gasteiger partial charge in [-0.3, -0.25) is 0 Å². The highest BCUT2D eigenvalue weighted by Crippen LogP contribution is 2.24. The molecule has 1 N–H and O–H groups in total. The van der Waals surface area contributed by atoms with E-state index in [0.29, 0.717) is 0 Å². The van der Waals surface area contributed by atoms with Gasteiger partial charge in [-0.25, -0.2) is 13.1 Å². The summed E-state index contributed by atoms with van der Waals surface area (Å²) in [7, 11) is -1.96. The summed E-state index contributed by atoms with van der Waals surface area (Å²) in [6.07, 6.45) is 1.61. The minimum absolute atomic E-state index is 0.868. The summed E-state index contributed by atoms with van der Waals surface area (Å²) in [5, 5.41) is 1.18. The Kier molecular flexibility index (Phi) is 4.14. The van der Waals surface area contributed by atoms with E-state index in [0.717, 1.165) is 16.7 Å². The normalized spacial score (nSPS) is 11.8. The fourth-order valence-electron chi connectivity index (χ4n) is 1.75. The third-order valence-corrected chi connectivity index (χ3v) is 3.82. The molecule has 0 fully saturated rings.